The number of carbonyl (C=O) groups excluding carboxylic acids is 3. The van der Waals surface area contributed by atoms with Crippen LogP contribution in [-0.4, -0.2) is 40.7 Å². The van der Waals surface area contributed by atoms with Crippen molar-refractivity contribution in [3.05, 3.63) is 64.7 Å². The summed E-state index contributed by atoms with van der Waals surface area (Å²) in [5.74, 6) is -1.36. The van der Waals surface area contributed by atoms with Crippen LogP contribution >= 0.6 is 23.4 Å². The monoisotopic (exact) mass is 455 g/mol. The van der Waals surface area contributed by atoms with E-state index in [1.165, 1.54) is 4.90 Å². The van der Waals surface area contributed by atoms with Gasteiger partial charge in [0.1, 0.15) is 5.54 Å². The molecule has 0 unspecified atom stereocenters. The predicted octanol–water partition coefficient (Wildman–Crippen LogP) is 3.01. The molecule has 0 aromatic heterocycles. The van der Waals surface area contributed by atoms with Crippen LogP contribution < -0.4 is 10.6 Å². The molecule has 6 nitrogen and oxygen atoms in total. The van der Waals surface area contributed by atoms with Crippen LogP contribution in [0.2, 0.25) is 5.02 Å². The Morgan fingerprint density at radius 1 is 1.06 bits per heavy atom. The number of hydrogen-bond acceptors (Lipinski definition) is 5. The highest BCUT2D eigenvalue weighted by Crippen LogP contribution is 2.53. The number of imide groups is 1. The first kappa shape index (κ1) is 20.5. The van der Waals surface area contributed by atoms with Gasteiger partial charge in [0.2, 0.25) is 17.7 Å². The fourth-order valence-corrected chi connectivity index (χ4v) is 5.95. The van der Waals surface area contributed by atoms with Gasteiger partial charge in [0.15, 0.2) is 0 Å². The third-order valence-corrected chi connectivity index (χ3v) is 7.65. The molecule has 0 saturated carbocycles. The molecule has 160 valence electrons. The smallest absolute Gasteiger partial charge is 0.250 e. The van der Waals surface area contributed by atoms with E-state index in [1.807, 2.05) is 48.7 Å². The average Bonchev–Trinajstić information content (AvgIpc) is 3.34. The molecule has 2 saturated heterocycles. The van der Waals surface area contributed by atoms with E-state index < -0.39 is 17.4 Å². The molecule has 3 amide bonds. The topological polar surface area (TPSA) is 78.5 Å². The first-order valence-electron chi connectivity index (χ1n) is 10.2. The van der Waals surface area contributed by atoms with Gasteiger partial charge in [0, 0.05) is 22.3 Å². The summed E-state index contributed by atoms with van der Waals surface area (Å²) < 4.78 is 0. The number of para-hydroxylation sites is 1. The van der Waals surface area contributed by atoms with Crippen molar-refractivity contribution < 1.29 is 14.4 Å². The molecule has 0 bridgehead atoms. The van der Waals surface area contributed by atoms with Gasteiger partial charge in [0.05, 0.1) is 18.4 Å². The molecule has 5 rings (SSSR count). The molecular weight excluding hydrogens is 434 g/mol. The van der Waals surface area contributed by atoms with E-state index in [-0.39, 0.29) is 30.3 Å². The lowest BCUT2D eigenvalue weighted by Crippen LogP contribution is -2.53. The summed E-state index contributed by atoms with van der Waals surface area (Å²) >= 11 is 7.98. The molecule has 3 heterocycles. The Morgan fingerprint density at radius 2 is 1.81 bits per heavy atom. The minimum absolute atomic E-state index is 0.110. The lowest BCUT2D eigenvalue weighted by molar-refractivity contribution is -0.143. The standard InChI is InChI=1S/C23H22ClN3O3S/c1-31-11-10-17-18-19(23(26-17)14-7-3-5-9-16(14)25-22(23)30)21(29)27(20(18)28)12-13-6-2-4-8-15(13)24/h2-9,17-19,26H,10-12H2,1H3,(H,25,30)/t17-,18-,19-,23-/m1/s1. The SMILES string of the molecule is CSCC[C@H]1N[C@@]2(C(=O)Nc3ccccc32)[C@H]2C(=O)N(Cc3ccccc3Cl)C(=O)[C@H]12. The van der Waals surface area contributed by atoms with Crippen LogP contribution in [0.3, 0.4) is 0 Å². The summed E-state index contributed by atoms with van der Waals surface area (Å²) in [5.41, 5.74) is 0.910. The maximum absolute atomic E-state index is 13.7. The van der Waals surface area contributed by atoms with Crippen molar-refractivity contribution in [2.75, 3.05) is 17.3 Å². The van der Waals surface area contributed by atoms with Crippen molar-refractivity contribution in [2.45, 2.75) is 24.5 Å². The van der Waals surface area contributed by atoms with Gasteiger partial charge < -0.3 is 5.32 Å². The van der Waals surface area contributed by atoms with E-state index in [9.17, 15) is 14.4 Å². The minimum atomic E-state index is -1.23. The van der Waals surface area contributed by atoms with Gasteiger partial charge in [-0.15, -0.1) is 0 Å². The Labute approximate surface area is 189 Å². The zero-order valence-corrected chi connectivity index (χ0v) is 18.5. The summed E-state index contributed by atoms with van der Waals surface area (Å²) in [6.45, 7) is 0.110. The van der Waals surface area contributed by atoms with Crippen LogP contribution in [0, 0.1) is 11.8 Å². The first-order valence-corrected chi connectivity index (χ1v) is 12.0. The third-order valence-electron chi connectivity index (χ3n) is 6.63. The Kier molecular flexibility index (Phi) is 5.07. The number of carbonyl (C=O) groups is 3. The lowest BCUT2D eigenvalue weighted by Gasteiger charge is -2.29. The second-order valence-electron chi connectivity index (χ2n) is 8.20. The Morgan fingerprint density at radius 3 is 2.58 bits per heavy atom. The second kappa shape index (κ2) is 7.65. The van der Waals surface area contributed by atoms with Crippen LogP contribution in [0.15, 0.2) is 48.5 Å². The summed E-state index contributed by atoms with van der Waals surface area (Å²) in [6.07, 6.45) is 2.70. The zero-order valence-electron chi connectivity index (χ0n) is 16.9. The zero-order chi connectivity index (χ0) is 21.8. The van der Waals surface area contributed by atoms with Crippen LogP contribution in [0.5, 0.6) is 0 Å². The van der Waals surface area contributed by atoms with Gasteiger partial charge in [-0.25, -0.2) is 0 Å². The summed E-state index contributed by atoms with van der Waals surface area (Å²) in [7, 11) is 0. The minimum Gasteiger partial charge on any atom is -0.324 e. The number of likely N-dealkylation sites (tertiary alicyclic amines) is 1. The van der Waals surface area contributed by atoms with Crippen LogP contribution in [0.4, 0.5) is 5.69 Å². The largest absolute Gasteiger partial charge is 0.324 e. The molecule has 0 radical (unpaired) electrons. The van der Waals surface area contributed by atoms with E-state index in [1.54, 1.807) is 17.8 Å². The highest BCUT2D eigenvalue weighted by atomic mass is 35.5. The molecule has 8 heteroatoms. The molecule has 4 atom stereocenters. The molecule has 2 fully saturated rings. The number of nitrogens with one attached hydrogen (secondary N) is 2. The molecule has 3 aliphatic heterocycles. The van der Waals surface area contributed by atoms with E-state index in [2.05, 4.69) is 10.6 Å². The molecule has 2 aromatic carbocycles. The van der Waals surface area contributed by atoms with Crippen LogP contribution in [0.25, 0.3) is 0 Å². The summed E-state index contributed by atoms with van der Waals surface area (Å²) in [4.78, 5) is 41.8. The van der Waals surface area contributed by atoms with Gasteiger partial charge in [-0.3, -0.25) is 24.6 Å². The Bertz CT molecular complexity index is 1090. The van der Waals surface area contributed by atoms with Gasteiger partial charge >= 0.3 is 0 Å². The van der Waals surface area contributed by atoms with Crippen molar-refractivity contribution in [2.24, 2.45) is 11.8 Å². The number of halogens is 1. The fourth-order valence-electron chi connectivity index (χ4n) is 5.26. The Balaban J connectivity index is 1.58. The number of hydrogen-bond donors (Lipinski definition) is 2. The van der Waals surface area contributed by atoms with E-state index in [0.29, 0.717) is 22.7 Å². The number of amides is 3. The van der Waals surface area contributed by atoms with E-state index in [0.717, 1.165) is 11.3 Å². The highest BCUT2D eigenvalue weighted by molar-refractivity contribution is 7.98. The Hall–Kier alpha value is -2.35. The van der Waals surface area contributed by atoms with Crippen LogP contribution in [0.1, 0.15) is 17.5 Å². The maximum Gasteiger partial charge on any atom is 0.250 e. The fraction of sp³-hybridized carbons (Fsp3) is 0.348. The van der Waals surface area contributed by atoms with Gasteiger partial charge in [0.25, 0.3) is 0 Å². The molecule has 1 spiro atoms. The van der Waals surface area contributed by atoms with Gasteiger partial charge in [-0.2, -0.15) is 11.8 Å². The van der Waals surface area contributed by atoms with E-state index in [4.69, 9.17) is 11.6 Å². The number of thioether (sulfide) groups is 1. The lowest BCUT2D eigenvalue weighted by atomic mass is 9.76. The normalized spacial score (nSPS) is 28.9. The van der Waals surface area contributed by atoms with Crippen LogP contribution in [-0.2, 0) is 26.5 Å². The molecule has 2 aromatic rings. The number of benzene rings is 2. The first-order chi connectivity index (χ1) is 15.0. The third kappa shape index (κ3) is 2.94. The van der Waals surface area contributed by atoms with Gasteiger partial charge in [-0.05, 0) is 36.1 Å². The number of rotatable bonds is 5. The molecule has 3 aliphatic rings. The van der Waals surface area contributed by atoms with Gasteiger partial charge in [-0.1, -0.05) is 48.0 Å². The van der Waals surface area contributed by atoms with E-state index >= 15 is 0 Å². The van der Waals surface area contributed by atoms with Crippen molar-refractivity contribution in [1.29, 1.82) is 0 Å². The van der Waals surface area contributed by atoms with Crippen molar-refractivity contribution in [3.8, 4) is 0 Å². The molecular formula is C23H22ClN3O3S. The number of nitrogens with zero attached hydrogens (tertiary/aromatic N) is 1. The maximum atomic E-state index is 13.7. The molecule has 2 N–H and O–H groups in total. The quantitative estimate of drug-likeness (QED) is 0.677. The highest BCUT2D eigenvalue weighted by Gasteiger charge is 2.70. The summed E-state index contributed by atoms with van der Waals surface area (Å²) in [6, 6.07) is 14.3. The second-order valence-corrected chi connectivity index (χ2v) is 9.59. The number of anilines is 1. The molecule has 0 aliphatic carbocycles. The average molecular weight is 456 g/mol. The molecule has 31 heavy (non-hydrogen) atoms. The van der Waals surface area contributed by atoms with Crippen molar-refractivity contribution >= 4 is 46.8 Å². The van der Waals surface area contributed by atoms with Crippen molar-refractivity contribution in [1.82, 2.24) is 10.2 Å². The summed E-state index contributed by atoms with van der Waals surface area (Å²) in [5, 5.41) is 6.87. The predicted molar refractivity (Wildman–Crippen MR) is 121 cm³/mol. The number of fused-ring (bicyclic) bond motifs is 4. The van der Waals surface area contributed by atoms with Crippen molar-refractivity contribution in [3.63, 3.8) is 0 Å².